The molecule has 1 aliphatic carbocycles. The maximum atomic E-state index is 11.1. The van der Waals surface area contributed by atoms with Crippen molar-refractivity contribution < 1.29 is 9.90 Å². The van der Waals surface area contributed by atoms with Crippen LogP contribution in [0.15, 0.2) is 23.5 Å². The van der Waals surface area contributed by atoms with Gasteiger partial charge in [-0.05, 0) is 5.41 Å². The molecule has 0 aromatic carbocycles. The Balaban J connectivity index is 3.11. The topological polar surface area (TPSA) is 37.3 Å². The van der Waals surface area contributed by atoms with Crippen LogP contribution in [0, 0.1) is 5.41 Å². The van der Waals surface area contributed by atoms with Crippen LogP contribution < -0.4 is 0 Å². The van der Waals surface area contributed by atoms with Crippen molar-refractivity contribution in [1.82, 2.24) is 0 Å². The highest BCUT2D eigenvalue weighted by Gasteiger charge is 2.38. The minimum Gasteiger partial charge on any atom is -0.507 e. The number of ketones is 1. The third-order valence-corrected chi connectivity index (χ3v) is 1.77. The molecule has 0 fully saturated rings. The van der Waals surface area contributed by atoms with E-state index in [2.05, 4.69) is 6.58 Å². The third-order valence-electron chi connectivity index (χ3n) is 1.77. The van der Waals surface area contributed by atoms with E-state index in [1.807, 2.05) is 20.8 Å². The summed E-state index contributed by atoms with van der Waals surface area (Å²) in [5.41, 5.74) is 0.486. The van der Waals surface area contributed by atoms with Gasteiger partial charge in [-0.25, -0.2) is 0 Å². The number of carbonyl (C=O) groups excluding carboxylic acids is 1. The molecule has 1 aliphatic rings. The Morgan fingerprint density at radius 1 is 1.36 bits per heavy atom. The molecule has 0 atom stereocenters. The second-order valence-corrected chi connectivity index (χ2v) is 3.78. The highest BCUT2D eigenvalue weighted by atomic mass is 16.3. The van der Waals surface area contributed by atoms with Crippen LogP contribution in [-0.4, -0.2) is 10.9 Å². The van der Waals surface area contributed by atoms with Crippen molar-refractivity contribution in [2.24, 2.45) is 5.41 Å². The van der Waals surface area contributed by atoms with Crippen molar-refractivity contribution in [3.05, 3.63) is 23.5 Å². The van der Waals surface area contributed by atoms with Gasteiger partial charge in [0.25, 0.3) is 0 Å². The van der Waals surface area contributed by atoms with Crippen LogP contribution in [0.25, 0.3) is 0 Å². The van der Waals surface area contributed by atoms with Crippen molar-refractivity contribution in [2.45, 2.75) is 20.8 Å². The van der Waals surface area contributed by atoms with E-state index in [0.717, 1.165) is 0 Å². The summed E-state index contributed by atoms with van der Waals surface area (Å²) in [5.74, 6) is -0.0162. The fourth-order valence-electron chi connectivity index (χ4n) is 1.15. The molecule has 0 radical (unpaired) electrons. The zero-order valence-electron chi connectivity index (χ0n) is 7.06. The van der Waals surface area contributed by atoms with Crippen LogP contribution in [0.1, 0.15) is 20.8 Å². The number of hydrogen-bond donors (Lipinski definition) is 1. The third kappa shape index (κ3) is 0.985. The van der Waals surface area contributed by atoms with E-state index < -0.39 is 0 Å². The molecule has 0 bridgehead atoms. The summed E-state index contributed by atoms with van der Waals surface area (Å²) in [6.07, 6.45) is 0. The number of rotatable bonds is 0. The highest BCUT2D eigenvalue weighted by Crippen LogP contribution is 2.39. The summed E-state index contributed by atoms with van der Waals surface area (Å²) in [7, 11) is 0. The molecule has 0 saturated heterocycles. The molecule has 0 saturated carbocycles. The first-order valence-electron chi connectivity index (χ1n) is 3.53. The monoisotopic (exact) mass is 152 g/mol. The first kappa shape index (κ1) is 8.05. The van der Waals surface area contributed by atoms with Gasteiger partial charge < -0.3 is 5.11 Å². The smallest absolute Gasteiger partial charge is 0.196 e. The average molecular weight is 152 g/mol. The molecule has 1 rings (SSSR count). The Morgan fingerprint density at radius 3 is 2.00 bits per heavy atom. The molecule has 0 amide bonds. The second kappa shape index (κ2) is 1.97. The molecule has 1 N–H and O–H groups in total. The van der Waals surface area contributed by atoms with E-state index in [-0.39, 0.29) is 22.5 Å². The molecule has 2 nitrogen and oxygen atoms in total. The van der Waals surface area contributed by atoms with Gasteiger partial charge in [-0.2, -0.15) is 0 Å². The van der Waals surface area contributed by atoms with Crippen LogP contribution in [-0.2, 0) is 4.79 Å². The summed E-state index contributed by atoms with van der Waals surface area (Å²) in [6.45, 7) is 9.10. The van der Waals surface area contributed by atoms with Gasteiger partial charge in [-0.3, -0.25) is 4.79 Å². The largest absolute Gasteiger partial charge is 0.507 e. The zero-order valence-corrected chi connectivity index (χ0v) is 7.06. The number of carbonyl (C=O) groups is 1. The predicted octanol–water partition coefficient (Wildman–Crippen LogP) is 1.98. The van der Waals surface area contributed by atoms with Crippen LogP contribution >= 0.6 is 0 Å². The molecule has 2 heteroatoms. The molecule has 0 heterocycles. The van der Waals surface area contributed by atoms with Crippen molar-refractivity contribution in [3.8, 4) is 0 Å². The zero-order chi connectivity index (χ0) is 8.81. The Labute approximate surface area is 66.2 Å². The molecule has 0 aromatic rings. The molecular weight excluding hydrogens is 140 g/mol. The Hall–Kier alpha value is -1.05. The lowest BCUT2D eigenvalue weighted by Crippen LogP contribution is -2.30. The van der Waals surface area contributed by atoms with E-state index in [1.165, 1.54) is 0 Å². The van der Waals surface area contributed by atoms with Crippen molar-refractivity contribution in [1.29, 1.82) is 0 Å². The van der Waals surface area contributed by atoms with Crippen LogP contribution in [0.5, 0.6) is 0 Å². The first-order valence-corrected chi connectivity index (χ1v) is 3.53. The van der Waals surface area contributed by atoms with Gasteiger partial charge in [-0.1, -0.05) is 27.4 Å². The summed E-state index contributed by atoms with van der Waals surface area (Å²) < 4.78 is 0. The van der Waals surface area contributed by atoms with Crippen molar-refractivity contribution in [2.75, 3.05) is 0 Å². The summed E-state index contributed by atoms with van der Waals surface area (Å²) in [6, 6.07) is 0. The lowest BCUT2D eigenvalue weighted by atomic mass is 9.73. The van der Waals surface area contributed by atoms with Crippen molar-refractivity contribution >= 4 is 5.78 Å². The Morgan fingerprint density at radius 2 is 1.82 bits per heavy atom. The number of allylic oxidation sites excluding steroid dienone is 2. The van der Waals surface area contributed by atoms with E-state index in [1.54, 1.807) is 0 Å². The van der Waals surface area contributed by atoms with E-state index in [0.29, 0.717) is 5.57 Å². The molecule has 0 aromatic heterocycles. The molecule has 11 heavy (non-hydrogen) atoms. The number of aliphatic hydroxyl groups is 1. The van der Waals surface area contributed by atoms with Crippen LogP contribution in [0.2, 0.25) is 0 Å². The minimum atomic E-state index is -0.262. The SMILES string of the molecule is C=C1C(=O)C(C(C)(C)C)=C1O. The summed E-state index contributed by atoms with van der Waals surface area (Å²) in [5, 5.41) is 9.24. The standard InChI is InChI=1S/C9H12O2/c1-5-7(10)6(8(5)11)9(2,3)4/h10H,1H2,2-4H3. The highest BCUT2D eigenvalue weighted by molar-refractivity contribution is 6.19. The van der Waals surface area contributed by atoms with E-state index >= 15 is 0 Å². The predicted molar refractivity (Wildman–Crippen MR) is 43.3 cm³/mol. The van der Waals surface area contributed by atoms with E-state index in [9.17, 15) is 9.90 Å². The van der Waals surface area contributed by atoms with Crippen molar-refractivity contribution in [3.63, 3.8) is 0 Å². The van der Waals surface area contributed by atoms with Gasteiger partial charge in [0.15, 0.2) is 5.78 Å². The number of aliphatic hydroxyl groups excluding tert-OH is 1. The maximum absolute atomic E-state index is 11.1. The molecular formula is C9H12O2. The summed E-state index contributed by atoms with van der Waals surface area (Å²) in [4.78, 5) is 11.1. The number of Topliss-reactive ketones (excluding diaryl/α,β-unsaturated/α-hetero) is 1. The van der Waals surface area contributed by atoms with Crippen LogP contribution in [0.3, 0.4) is 0 Å². The minimum absolute atomic E-state index is 0.0856. The second-order valence-electron chi connectivity index (χ2n) is 3.78. The van der Waals surface area contributed by atoms with Gasteiger partial charge in [0.2, 0.25) is 0 Å². The molecule has 0 aliphatic heterocycles. The molecule has 60 valence electrons. The normalized spacial score (nSPS) is 18.8. The lowest BCUT2D eigenvalue weighted by Gasteiger charge is -2.30. The van der Waals surface area contributed by atoms with Gasteiger partial charge in [0.05, 0.1) is 5.57 Å². The maximum Gasteiger partial charge on any atom is 0.196 e. The van der Waals surface area contributed by atoms with Gasteiger partial charge in [0.1, 0.15) is 5.76 Å². The van der Waals surface area contributed by atoms with Gasteiger partial charge in [-0.15, -0.1) is 0 Å². The first-order chi connectivity index (χ1) is 4.85. The average Bonchev–Trinajstić information content (AvgIpc) is 1.85. The number of hydrogen-bond acceptors (Lipinski definition) is 2. The Bertz CT molecular complexity index is 264. The van der Waals surface area contributed by atoms with E-state index in [4.69, 9.17) is 0 Å². The van der Waals surface area contributed by atoms with Crippen LogP contribution in [0.4, 0.5) is 0 Å². The molecule has 0 spiro atoms. The Kier molecular flexibility index (Phi) is 1.44. The fourth-order valence-corrected chi connectivity index (χ4v) is 1.15. The summed E-state index contributed by atoms with van der Waals surface area (Å²) >= 11 is 0. The molecule has 0 unspecified atom stereocenters. The quantitative estimate of drug-likeness (QED) is 0.539. The lowest BCUT2D eigenvalue weighted by molar-refractivity contribution is -0.114. The fraction of sp³-hybridized carbons (Fsp3) is 0.444. The van der Waals surface area contributed by atoms with Gasteiger partial charge >= 0.3 is 0 Å². The van der Waals surface area contributed by atoms with Gasteiger partial charge in [0, 0.05) is 5.57 Å².